The van der Waals surface area contributed by atoms with Gasteiger partial charge in [-0.15, -0.1) is 12.4 Å². The van der Waals surface area contributed by atoms with Crippen molar-refractivity contribution >= 4 is 34.9 Å². The van der Waals surface area contributed by atoms with Gasteiger partial charge in [0.15, 0.2) is 0 Å². The number of aryl methyl sites for hydroxylation is 1. The maximum atomic E-state index is 13.2. The molecule has 4 rings (SSSR count). The number of fused-ring (bicyclic) bond motifs is 1. The Morgan fingerprint density at radius 1 is 1.04 bits per heavy atom. The highest BCUT2D eigenvalue weighted by molar-refractivity contribution is 6.31. The highest BCUT2D eigenvalue weighted by atomic mass is 35.5. The molecule has 6 heteroatoms. The molecule has 0 aliphatic carbocycles. The molecule has 2 heterocycles. The number of pyridine rings is 1. The first-order chi connectivity index (χ1) is 13.0. The zero-order valence-electron chi connectivity index (χ0n) is 15.4. The van der Waals surface area contributed by atoms with Crippen molar-refractivity contribution in [2.24, 2.45) is 0 Å². The Morgan fingerprint density at radius 2 is 1.75 bits per heavy atom. The van der Waals surface area contributed by atoms with E-state index in [0.29, 0.717) is 18.2 Å². The molecule has 2 aromatic carbocycles. The van der Waals surface area contributed by atoms with Crippen LogP contribution in [0.4, 0.5) is 4.39 Å². The number of nitrogens with zero attached hydrogens (tertiary/aromatic N) is 2. The standard InChI is InChI=1S/C22H18ClFN2O.ClH/c1-14-15(2)26(13-16-5-3-4-6-20(16)23)21-19(14)11-12-25-22(21)27-18-9-7-17(24)8-10-18;/h3-12H,13H2,1-2H3;1H. The summed E-state index contributed by atoms with van der Waals surface area (Å²) >= 11 is 6.37. The van der Waals surface area contributed by atoms with Gasteiger partial charge >= 0.3 is 0 Å². The van der Waals surface area contributed by atoms with Gasteiger partial charge in [-0.3, -0.25) is 0 Å². The minimum absolute atomic E-state index is 0. The van der Waals surface area contributed by atoms with Gasteiger partial charge in [0.1, 0.15) is 17.1 Å². The summed E-state index contributed by atoms with van der Waals surface area (Å²) < 4.78 is 21.3. The summed E-state index contributed by atoms with van der Waals surface area (Å²) in [5.74, 6) is 0.724. The summed E-state index contributed by atoms with van der Waals surface area (Å²) in [6.45, 7) is 4.78. The summed E-state index contributed by atoms with van der Waals surface area (Å²) in [5, 5.41) is 1.80. The number of hydrogen-bond donors (Lipinski definition) is 0. The molecule has 0 saturated carbocycles. The van der Waals surface area contributed by atoms with Gasteiger partial charge in [-0.05, 0) is 61.4 Å². The van der Waals surface area contributed by atoms with Gasteiger partial charge < -0.3 is 9.30 Å². The average Bonchev–Trinajstić information content (AvgIpc) is 2.91. The molecule has 0 radical (unpaired) electrons. The summed E-state index contributed by atoms with van der Waals surface area (Å²) in [7, 11) is 0. The van der Waals surface area contributed by atoms with E-state index in [1.807, 2.05) is 30.3 Å². The minimum Gasteiger partial charge on any atom is -0.437 e. The number of ether oxygens (including phenoxy) is 1. The molecule has 0 aliphatic rings. The van der Waals surface area contributed by atoms with Crippen LogP contribution in [0.25, 0.3) is 10.9 Å². The number of aromatic nitrogens is 2. The molecule has 0 atom stereocenters. The normalized spacial score (nSPS) is 10.7. The Labute approximate surface area is 174 Å². The van der Waals surface area contributed by atoms with Gasteiger partial charge in [0, 0.05) is 28.8 Å². The highest BCUT2D eigenvalue weighted by Gasteiger charge is 2.17. The summed E-state index contributed by atoms with van der Waals surface area (Å²) in [4.78, 5) is 4.43. The quantitative estimate of drug-likeness (QED) is 0.369. The molecule has 0 amide bonds. The number of benzene rings is 2. The van der Waals surface area contributed by atoms with Crippen LogP contribution in [0.5, 0.6) is 11.6 Å². The predicted octanol–water partition coefficient (Wildman–Crippen LogP) is 6.71. The summed E-state index contributed by atoms with van der Waals surface area (Å²) in [6.07, 6.45) is 1.73. The third-order valence-corrected chi connectivity index (χ3v) is 5.20. The van der Waals surface area contributed by atoms with Crippen molar-refractivity contribution in [2.75, 3.05) is 0 Å². The largest absolute Gasteiger partial charge is 0.437 e. The van der Waals surface area contributed by atoms with Crippen LogP contribution in [-0.4, -0.2) is 9.55 Å². The summed E-state index contributed by atoms with van der Waals surface area (Å²) in [5.41, 5.74) is 4.22. The molecule has 0 fully saturated rings. The van der Waals surface area contributed by atoms with Crippen molar-refractivity contribution in [3.8, 4) is 11.6 Å². The fourth-order valence-electron chi connectivity index (χ4n) is 3.25. The van der Waals surface area contributed by atoms with Crippen molar-refractivity contribution in [1.82, 2.24) is 9.55 Å². The van der Waals surface area contributed by atoms with Crippen LogP contribution in [0, 0.1) is 19.7 Å². The Kier molecular flexibility index (Phi) is 5.92. The second-order valence-electron chi connectivity index (χ2n) is 6.46. The van der Waals surface area contributed by atoms with Crippen LogP contribution >= 0.6 is 24.0 Å². The van der Waals surface area contributed by atoms with Gasteiger partial charge in [0.2, 0.25) is 5.88 Å². The molecule has 3 nitrogen and oxygen atoms in total. The first-order valence-electron chi connectivity index (χ1n) is 8.66. The van der Waals surface area contributed by atoms with Crippen molar-refractivity contribution in [1.29, 1.82) is 0 Å². The third kappa shape index (κ3) is 3.71. The van der Waals surface area contributed by atoms with Crippen LogP contribution in [0.15, 0.2) is 60.8 Å². The lowest BCUT2D eigenvalue weighted by Gasteiger charge is -2.13. The van der Waals surface area contributed by atoms with Crippen molar-refractivity contribution in [2.45, 2.75) is 20.4 Å². The first kappa shape index (κ1) is 20.2. The average molecular weight is 417 g/mol. The zero-order valence-corrected chi connectivity index (χ0v) is 17.0. The molecule has 28 heavy (non-hydrogen) atoms. The molecule has 2 aromatic heterocycles. The first-order valence-corrected chi connectivity index (χ1v) is 9.03. The number of halogens is 3. The SMILES string of the molecule is Cc1c(C)n(Cc2ccccc2Cl)c2c(Oc3ccc(F)cc3)nccc12.Cl. The third-order valence-electron chi connectivity index (χ3n) is 4.83. The molecule has 144 valence electrons. The number of rotatable bonds is 4. The predicted molar refractivity (Wildman–Crippen MR) is 113 cm³/mol. The topological polar surface area (TPSA) is 27.1 Å². The van der Waals surface area contributed by atoms with Crippen LogP contribution < -0.4 is 4.74 Å². The molecule has 0 unspecified atom stereocenters. The van der Waals surface area contributed by atoms with E-state index in [2.05, 4.69) is 23.4 Å². The maximum absolute atomic E-state index is 13.2. The van der Waals surface area contributed by atoms with Gasteiger partial charge in [-0.2, -0.15) is 0 Å². The van der Waals surface area contributed by atoms with Crippen molar-refractivity contribution in [3.05, 3.63) is 88.5 Å². The van der Waals surface area contributed by atoms with Crippen LogP contribution in [-0.2, 0) is 6.54 Å². The van der Waals surface area contributed by atoms with Gasteiger partial charge in [0.05, 0.1) is 0 Å². The molecule has 0 spiro atoms. The van der Waals surface area contributed by atoms with E-state index in [1.165, 1.54) is 17.7 Å². The molecule has 0 saturated heterocycles. The molecule has 0 aliphatic heterocycles. The van der Waals surface area contributed by atoms with E-state index in [1.54, 1.807) is 18.3 Å². The lowest BCUT2D eigenvalue weighted by atomic mass is 10.2. The Hall–Kier alpha value is -2.56. The van der Waals surface area contributed by atoms with E-state index in [0.717, 1.165) is 27.2 Å². The van der Waals surface area contributed by atoms with Gasteiger partial charge in [-0.1, -0.05) is 29.8 Å². The van der Waals surface area contributed by atoms with E-state index in [9.17, 15) is 4.39 Å². The monoisotopic (exact) mass is 416 g/mol. The van der Waals surface area contributed by atoms with E-state index in [-0.39, 0.29) is 18.2 Å². The van der Waals surface area contributed by atoms with Crippen molar-refractivity contribution in [3.63, 3.8) is 0 Å². The van der Waals surface area contributed by atoms with E-state index >= 15 is 0 Å². The van der Waals surface area contributed by atoms with Gasteiger partial charge in [0.25, 0.3) is 0 Å². The zero-order chi connectivity index (χ0) is 19.0. The molecule has 0 N–H and O–H groups in total. The fraction of sp³-hybridized carbons (Fsp3) is 0.136. The second-order valence-corrected chi connectivity index (χ2v) is 6.86. The van der Waals surface area contributed by atoms with E-state index in [4.69, 9.17) is 16.3 Å². The second kappa shape index (κ2) is 8.21. The van der Waals surface area contributed by atoms with Gasteiger partial charge in [-0.25, -0.2) is 9.37 Å². The lowest BCUT2D eigenvalue weighted by Crippen LogP contribution is -2.04. The molecule has 0 bridgehead atoms. The number of hydrogen-bond acceptors (Lipinski definition) is 2. The molecular weight excluding hydrogens is 398 g/mol. The summed E-state index contributed by atoms with van der Waals surface area (Å²) in [6, 6.07) is 15.7. The van der Waals surface area contributed by atoms with Crippen LogP contribution in [0.2, 0.25) is 5.02 Å². The highest BCUT2D eigenvalue weighted by Crippen LogP contribution is 2.34. The fourth-order valence-corrected chi connectivity index (χ4v) is 3.44. The maximum Gasteiger partial charge on any atom is 0.244 e. The molecule has 4 aromatic rings. The Morgan fingerprint density at radius 3 is 2.46 bits per heavy atom. The minimum atomic E-state index is -0.303. The Balaban J connectivity index is 0.00000225. The lowest BCUT2D eigenvalue weighted by molar-refractivity contribution is 0.464. The van der Waals surface area contributed by atoms with Crippen LogP contribution in [0.3, 0.4) is 0 Å². The smallest absolute Gasteiger partial charge is 0.244 e. The Bertz CT molecular complexity index is 1120. The van der Waals surface area contributed by atoms with Crippen molar-refractivity contribution < 1.29 is 9.13 Å². The van der Waals surface area contributed by atoms with Crippen LogP contribution in [0.1, 0.15) is 16.8 Å². The molecular formula is C22H19Cl2FN2O. The van der Waals surface area contributed by atoms with E-state index < -0.39 is 0 Å².